The molecule has 1 aromatic heterocycles. The van der Waals surface area contributed by atoms with E-state index in [0.717, 1.165) is 44.0 Å². The van der Waals surface area contributed by atoms with Crippen LogP contribution in [0.5, 0.6) is 17.2 Å². The third kappa shape index (κ3) is 6.65. The maximum atomic E-state index is 14.0. The summed E-state index contributed by atoms with van der Waals surface area (Å²) >= 11 is 7.87. The number of rotatable bonds is 12. The van der Waals surface area contributed by atoms with E-state index in [2.05, 4.69) is 4.90 Å². The average Bonchev–Trinajstić information content (AvgIpc) is 3.34. The molecule has 0 radical (unpaired) electrons. The second-order valence-electron chi connectivity index (χ2n) is 8.45. The molecule has 0 bridgehead atoms. The Morgan fingerprint density at radius 3 is 2.38 bits per heavy atom. The fourth-order valence-electron chi connectivity index (χ4n) is 4.25. The third-order valence-corrected chi connectivity index (χ3v) is 7.30. The smallest absolute Gasteiger partial charge is 0.260 e. The number of amides is 1. The molecule has 8 nitrogen and oxygen atoms in total. The van der Waals surface area contributed by atoms with Crippen LogP contribution >= 0.6 is 22.9 Å². The van der Waals surface area contributed by atoms with Gasteiger partial charge < -0.3 is 18.9 Å². The Balaban J connectivity index is 1.68. The summed E-state index contributed by atoms with van der Waals surface area (Å²) in [5, 5.41) is 1.18. The number of nitrogens with zero attached hydrogens (tertiary/aromatic N) is 3. The molecule has 0 N–H and O–H groups in total. The first-order valence-electron chi connectivity index (χ1n) is 12.8. The number of para-hydroxylation sites is 1. The lowest BCUT2D eigenvalue weighted by atomic mass is 10.1. The topological polar surface area (TPSA) is 73.4 Å². The number of hydrogen-bond acceptors (Lipinski definition) is 8. The summed E-state index contributed by atoms with van der Waals surface area (Å²) < 4.78 is 23.9. The monoisotopic (exact) mass is 547 g/mol. The summed E-state index contributed by atoms with van der Waals surface area (Å²) in [6.07, 6.45) is 0.795. The number of carbonyl (C=O) groups excluding carboxylic acids is 1. The molecule has 37 heavy (non-hydrogen) atoms. The van der Waals surface area contributed by atoms with Crippen molar-refractivity contribution in [3.63, 3.8) is 0 Å². The number of thiazole rings is 1. The molecule has 2 heterocycles. The number of morpholine rings is 1. The molecule has 0 saturated carbocycles. The molecule has 0 atom stereocenters. The van der Waals surface area contributed by atoms with E-state index in [0.29, 0.717) is 64.8 Å². The number of fused-ring (bicyclic) bond motifs is 1. The molecule has 2 aromatic carbocycles. The number of halogens is 1. The van der Waals surface area contributed by atoms with Gasteiger partial charge in [0.1, 0.15) is 5.52 Å². The van der Waals surface area contributed by atoms with Crippen molar-refractivity contribution in [2.45, 2.75) is 27.2 Å². The minimum atomic E-state index is -0.179. The largest absolute Gasteiger partial charge is 0.490 e. The summed E-state index contributed by atoms with van der Waals surface area (Å²) in [5.74, 6) is 1.30. The Morgan fingerprint density at radius 1 is 1.08 bits per heavy atom. The molecule has 200 valence electrons. The highest BCUT2D eigenvalue weighted by molar-refractivity contribution is 7.22. The lowest BCUT2D eigenvalue weighted by Gasteiger charge is -2.28. The highest BCUT2D eigenvalue weighted by Crippen LogP contribution is 2.40. The van der Waals surface area contributed by atoms with Crippen LogP contribution in [0.25, 0.3) is 10.2 Å². The van der Waals surface area contributed by atoms with Gasteiger partial charge in [0.05, 0.1) is 42.8 Å². The highest BCUT2D eigenvalue weighted by Gasteiger charge is 2.26. The van der Waals surface area contributed by atoms with Gasteiger partial charge >= 0.3 is 0 Å². The normalized spacial score (nSPS) is 14.1. The molecule has 1 saturated heterocycles. The first-order chi connectivity index (χ1) is 18.0. The van der Waals surface area contributed by atoms with Gasteiger partial charge in [-0.15, -0.1) is 0 Å². The van der Waals surface area contributed by atoms with Crippen LogP contribution in [0.15, 0.2) is 30.3 Å². The molecule has 0 aliphatic carbocycles. The van der Waals surface area contributed by atoms with Crippen molar-refractivity contribution in [1.29, 1.82) is 0 Å². The van der Waals surface area contributed by atoms with Crippen LogP contribution in [0.1, 0.15) is 37.6 Å². The number of aromatic nitrogens is 1. The first kappa shape index (κ1) is 27.4. The number of carbonyl (C=O) groups is 1. The van der Waals surface area contributed by atoms with E-state index >= 15 is 0 Å². The van der Waals surface area contributed by atoms with E-state index < -0.39 is 0 Å². The molecule has 0 unspecified atom stereocenters. The van der Waals surface area contributed by atoms with Crippen LogP contribution in [-0.4, -0.2) is 75.0 Å². The highest BCUT2D eigenvalue weighted by atomic mass is 35.5. The van der Waals surface area contributed by atoms with Crippen LogP contribution in [0.2, 0.25) is 5.02 Å². The van der Waals surface area contributed by atoms with E-state index in [4.69, 9.17) is 35.5 Å². The summed E-state index contributed by atoms with van der Waals surface area (Å²) in [7, 11) is 0. The fourth-order valence-corrected chi connectivity index (χ4v) is 5.54. The van der Waals surface area contributed by atoms with Gasteiger partial charge in [-0.1, -0.05) is 29.0 Å². The van der Waals surface area contributed by atoms with Gasteiger partial charge in [-0.3, -0.25) is 14.6 Å². The second-order valence-corrected chi connectivity index (χ2v) is 9.86. The van der Waals surface area contributed by atoms with Crippen LogP contribution in [0, 0.1) is 0 Å². The Morgan fingerprint density at radius 2 is 1.76 bits per heavy atom. The molecular formula is C27H34ClN3O5S. The van der Waals surface area contributed by atoms with Crippen LogP contribution in [0.3, 0.4) is 0 Å². The third-order valence-electron chi connectivity index (χ3n) is 5.95. The molecule has 1 fully saturated rings. The van der Waals surface area contributed by atoms with Crippen LogP contribution in [-0.2, 0) is 4.74 Å². The van der Waals surface area contributed by atoms with Crippen molar-refractivity contribution >= 4 is 44.2 Å². The second kappa shape index (κ2) is 13.3. The number of anilines is 1. The molecular weight excluding hydrogens is 514 g/mol. The summed E-state index contributed by atoms with van der Waals surface area (Å²) in [5.41, 5.74) is 1.15. The zero-order chi connectivity index (χ0) is 26.2. The maximum absolute atomic E-state index is 14.0. The van der Waals surface area contributed by atoms with Gasteiger partial charge in [0.25, 0.3) is 5.91 Å². The summed E-state index contributed by atoms with van der Waals surface area (Å²) in [4.78, 5) is 22.9. The Hall–Kier alpha value is -2.59. The van der Waals surface area contributed by atoms with Crippen LogP contribution in [0.4, 0.5) is 5.13 Å². The van der Waals surface area contributed by atoms with E-state index in [-0.39, 0.29) is 5.91 Å². The quantitative estimate of drug-likeness (QED) is 0.296. The van der Waals surface area contributed by atoms with Crippen molar-refractivity contribution in [2.24, 2.45) is 0 Å². The lowest BCUT2D eigenvalue weighted by molar-refractivity contribution is 0.0376. The first-order valence-corrected chi connectivity index (χ1v) is 14.0. The summed E-state index contributed by atoms with van der Waals surface area (Å²) in [6, 6.07) is 9.14. The van der Waals surface area contributed by atoms with Gasteiger partial charge in [-0.05, 0) is 51.5 Å². The maximum Gasteiger partial charge on any atom is 0.260 e. The Kier molecular flexibility index (Phi) is 9.85. The SMILES string of the molecule is CCOc1cc(C(=O)N(CCCN2CCOCC2)c2nc3c(Cl)cccc3s2)cc(OCC)c1OCC. The van der Waals surface area contributed by atoms with Gasteiger partial charge in [-0.25, -0.2) is 4.98 Å². The van der Waals surface area contributed by atoms with Crippen molar-refractivity contribution in [3.8, 4) is 17.2 Å². The van der Waals surface area contributed by atoms with Gasteiger partial charge in [0, 0.05) is 31.7 Å². The van der Waals surface area contributed by atoms with Crippen molar-refractivity contribution in [3.05, 3.63) is 40.9 Å². The van der Waals surface area contributed by atoms with Gasteiger partial charge in [0.15, 0.2) is 16.6 Å². The lowest BCUT2D eigenvalue weighted by Crippen LogP contribution is -2.39. The van der Waals surface area contributed by atoms with Crippen molar-refractivity contribution in [1.82, 2.24) is 9.88 Å². The minimum Gasteiger partial charge on any atom is -0.490 e. The van der Waals surface area contributed by atoms with Crippen LogP contribution < -0.4 is 19.1 Å². The zero-order valence-corrected chi connectivity index (χ0v) is 23.2. The molecule has 1 aliphatic rings. The van der Waals surface area contributed by atoms with E-state index in [1.54, 1.807) is 17.0 Å². The van der Waals surface area contributed by atoms with Gasteiger partial charge in [0.2, 0.25) is 5.75 Å². The zero-order valence-electron chi connectivity index (χ0n) is 21.6. The minimum absolute atomic E-state index is 0.179. The van der Waals surface area contributed by atoms with E-state index in [1.165, 1.54) is 11.3 Å². The Bertz CT molecular complexity index is 1170. The standard InChI is InChI=1S/C27H34ClN3O5S/c1-4-34-21-17-19(18-22(35-5-2)25(21)36-6-3)26(32)31(12-8-11-30-13-15-33-16-14-30)27-29-24-20(28)9-7-10-23(24)37-27/h7,9-10,17-18H,4-6,8,11-16H2,1-3H3. The molecule has 10 heteroatoms. The number of hydrogen-bond donors (Lipinski definition) is 0. The van der Waals surface area contributed by atoms with Gasteiger partial charge in [-0.2, -0.15) is 0 Å². The summed E-state index contributed by atoms with van der Waals surface area (Å²) in [6.45, 7) is 11.7. The van der Waals surface area contributed by atoms with Crippen molar-refractivity contribution in [2.75, 3.05) is 64.1 Å². The molecule has 4 rings (SSSR count). The fraction of sp³-hybridized carbons (Fsp3) is 0.481. The van der Waals surface area contributed by atoms with E-state index in [9.17, 15) is 4.79 Å². The molecule has 1 amide bonds. The molecule has 3 aromatic rings. The number of ether oxygens (including phenoxy) is 4. The predicted octanol–water partition coefficient (Wildman–Crippen LogP) is 5.51. The molecule has 0 spiro atoms. The average molecular weight is 548 g/mol. The number of benzene rings is 2. The molecule has 1 aliphatic heterocycles. The van der Waals surface area contributed by atoms with E-state index in [1.807, 2.05) is 39.0 Å². The predicted molar refractivity (Wildman–Crippen MR) is 148 cm³/mol. The Labute approximate surface area is 227 Å². The van der Waals surface area contributed by atoms with Crippen molar-refractivity contribution < 1.29 is 23.7 Å².